The number of esters is 2. The average Bonchev–Trinajstić information content (AvgIpc) is 2.18. The molecular formula is C7H8N2O5. The van der Waals surface area contributed by atoms with E-state index >= 15 is 0 Å². The molecule has 76 valence electrons. The molecule has 0 heterocycles. The molecule has 0 unspecified atom stereocenters. The van der Waals surface area contributed by atoms with Crippen molar-refractivity contribution < 1.29 is 28.6 Å². The van der Waals surface area contributed by atoms with E-state index in [0.717, 1.165) is 7.11 Å². The summed E-state index contributed by atoms with van der Waals surface area (Å²) in [5.41, 5.74) is 7.30. The highest BCUT2D eigenvalue weighted by Crippen LogP contribution is 1.87. The van der Waals surface area contributed by atoms with Crippen LogP contribution in [0.25, 0.3) is 5.53 Å². The number of hydrogen-bond acceptors (Lipinski definition) is 5. The maximum absolute atomic E-state index is 11.0. The van der Waals surface area contributed by atoms with Crippen molar-refractivity contribution in [1.29, 1.82) is 0 Å². The van der Waals surface area contributed by atoms with E-state index in [9.17, 15) is 14.4 Å². The Morgan fingerprint density at radius 1 is 1.29 bits per heavy atom. The van der Waals surface area contributed by atoms with Crippen LogP contribution in [0.5, 0.6) is 0 Å². The van der Waals surface area contributed by atoms with E-state index < -0.39 is 23.4 Å². The van der Waals surface area contributed by atoms with Gasteiger partial charge in [-0.2, -0.15) is 4.79 Å². The Morgan fingerprint density at radius 3 is 2.21 bits per heavy atom. The molecule has 0 saturated heterocycles. The van der Waals surface area contributed by atoms with Crippen molar-refractivity contribution in [2.45, 2.75) is 6.92 Å². The summed E-state index contributed by atoms with van der Waals surface area (Å²) in [6.07, 6.45) is 0. The molecule has 14 heavy (non-hydrogen) atoms. The van der Waals surface area contributed by atoms with Crippen LogP contribution < -0.4 is 0 Å². The van der Waals surface area contributed by atoms with Crippen molar-refractivity contribution in [1.82, 2.24) is 0 Å². The Balaban J connectivity index is 4.77. The van der Waals surface area contributed by atoms with Gasteiger partial charge in [0.1, 0.15) is 0 Å². The predicted octanol–water partition coefficient (Wildman–Crippen LogP) is -1.04. The van der Waals surface area contributed by atoms with Gasteiger partial charge < -0.3 is 15.0 Å². The second-order valence-corrected chi connectivity index (χ2v) is 1.99. The van der Waals surface area contributed by atoms with Gasteiger partial charge >= 0.3 is 23.4 Å². The number of Topliss-reactive ketones (excluding diaryl/α,β-unsaturated/α-hetero) is 1. The molecule has 0 N–H and O–H groups in total. The van der Waals surface area contributed by atoms with Crippen molar-refractivity contribution >= 4 is 23.4 Å². The number of rotatable bonds is 4. The van der Waals surface area contributed by atoms with Gasteiger partial charge in [-0.05, 0) is 6.92 Å². The number of ketones is 1. The minimum atomic E-state index is -1.35. The van der Waals surface area contributed by atoms with Gasteiger partial charge in [-0.1, -0.05) is 0 Å². The van der Waals surface area contributed by atoms with Gasteiger partial charge in [-0.3, -0.25) is 4.79 Å². The van der Waals surface area contributed by atoms with Gasteiger partial charge in [-0.25, -0.2) is 9.59 Å². The molecule has 0 aromatic rings. The SMILES string of the molecule is CCOC(=O)C(=[N+]=[N-])C(=O)C(=O)OC. The van der Waals surface area contributed by atoms with Crippen LogP contribution in [0.3, 0.4) is 0 Å². The van der Waals surface area contributed by atoms with Gasteiger partial charge in [-0.15, -0.1) is 0 Å². The Morgan fingerprint density at radius 2 is 1.86 bits per heavy atom. The monoisotopic (exact) mass is 200 g/mol. The number of hydrogen-bond donors (Lipinski definition) is 0. The summed E-state index contributed by atoms with van der Waals surface area (Å²) in [5, 5.41) is 0. The van der Waals surface area contributed by atoms with Gasteiger partial charge in [0.15, 0.2) is 0 Å². The summed E-state index contributed by atoms with van der Waals surface area (Å²) < 4.78 is 8.39. The van der Waals surface area contributed by atoms with Gasteiger partial charge in [0.05, 0.1) is 13.7 Å². The van der Waals surface area contributed by atoms with Crippen LogP contribution in [0.2, 0.25) is 0 Å². The fourth-order valence-electron chi connectivity index (χ4n) is 0.568. The highest BCUT2D eigenvalue weighted by molar-refractivity contribution is 6.76. The third kappa shape index (κ3) is 2.80. The Labute approximate surface area is 79.2 Å². The largest absolute Gasteiger partial charge is 0.463 e. The molecule has 0 fully saturated rings. The minimum Gasteiger partial charge on any atom is -0.463 e. The minimum absolute atomic E-state index is 0.00763. The van der Waals surface area contributed by atoms with E-state index in [4.69, 9.17) is 5.53 Å². The van der Waals surface area contributed by atoms with Crippen molar-refractivity contribution in [3.8, 4) is 0 Å². The van der Waals surface area contributed by atoms with Crippen molar-refractivity contribution in [3.63, 3.8) is 0 Å². The number of carbonyl (C=O) groups is 3. The highest BCUT2D eigenvalue weighted by Gasteiger charge is 2.37. The molecule has 0 saturated carbocycles. The van der Waals surface area contributed by atoms with E-state index in [1.54, 1.807) is 0 Å². The van der Waals surface area contributed by atoms with E-state index in [2.05, 4.69) is 14.3 Å². The third-order valence-electron chi connectivity index (χ3n) is 1.15. The lowest BCUT2D eigenvalue weighted by Gasteiger charge is -1.95. The van der Waals surface area contributed by atoms with E-state index in [1.165, 1.54) is 6.92 Å². The normalized spacial score (nSPS) is 8.43. The Hall–Kier alpha value is -2.01. The quantitative estimate of drug-likeness (QED) is 0.144. The standard InChI is InChI=1S/C7H8N2O5/c1-3-14-6(11)4(9-8)5(10)7(12)13-2/h3H2,1-2H3. The fourth-order valence-corrected chi connectivity index (χ4v) is 0.568. The summed E-state index contributed by atoms with van der Waals surface area (Å²) in [5.74, 6) is -3.83. The molecule has 0 aliphatic carbocycles. The van der Waals surface area contributed by atoms with Gasteiger partial charge in [0.25, 0.3) is 0 Å². The zero-order chi connectivity index (χ0) is 11.1. The molecule has 0 spiro atoms. The van der Waals surface area contributed by atoms with Crippen molar-refractivity contribution in [2.75, 3.05) is 13.7 Å². The molecule has 7 nitrogen and oxygen atoms in total. The summed E-state index contributed by atoms with van der Waals surface area (Å²) in [4.78, 5) is 34.9. The smallest absolute Gasteiger partial charge is 0.453 e. The summed E-state index contributed by atoms with van der Waals surface area (Å²) in [6.45, 7) is 1.49. The lowest BCUT2D eigenvalue weighted by atomic mass is 10.2. The first-order chi connectivity index (χ1) is 6.58. The summed E-state index contributed by atoms with van der Waals surface area (Å²) in [7, 11) is 0.959. The molecule has 0 atom stereocenters. The zero-order valence-corrected chi connectivity index (χ0v) is 7.64. The lowest BCUT2D eigenvalue weighted by molar-refractivity contribution is -0.153. The molecule has 7 heteroatoms. The molecule has 0 amide bonds. The van der Waals surface area contributed by atoms with Crippen LogP contribution in [0.4, 0.5) is 0 Å². The van der Waals surface area contributed by atoms with Crippen LogP contribution in [-0.2, 0) is 23.9 Å². The molecule has 0 rings (SSSR count). The highest BCUT2D eigenvalue weighted by atomic mass is 16.5. The molecular weight excluding hydrogens is 192 g/mol. The number of methoxy groups -OCH3 is 1. The first-order valence-electron chi connectivity index (χ1n) is 3.60. The maximum Gasteiger partial charge on any atom is 0.453 e. The molecule has 0 aromatic carbocycles. The van der Waals surface area contributed by atoms with Crippen LogP contribution in [-0.4, -0.2) is 41.9 Å². The van der Waals surface area contributed by atoms with Crippen LogP contribution in [0.15, 0.2) is 0 Å². The second kappa shape index (κ2) is 5.60. The number of ether oxygens (including phenoxy) is 2. The van der Waals surface area contributed by atoms with Crippen molar-refractivity contribution in [3.05, 3.63) is 5.53 Å². The average molecular weight is 200 g/mol. The number of carbonyl (C=O) groups excluding carboxylic acids is 3. The zero-order valence-electron chi connectivity index (χ0n) is 7.64. The summed E-state index contributed by atoms with van der Waals surface area (Å²) in [6, 6.07) is 0. The third-order valence-corrected chi connectivity index (χ3v) is 1.15. The van der Waals surface area contributed by atoms with Gasteiger partial charge in [0.2, 0.25) is 0 Å². The number of nitrogens with zero attached hydrogens (tertiary/aromatic N) is 2. The second-order valence-electron chi connectivity index (χ2n) is 1.99. The Kier molecular flexibility index (Phi) is 4.80. The maximum atomic E-state index is 11.0. The Bertz CT molecular complexity index is 316. The first kappa shape index (κ1) is 12.0. The molecule has 0 bridgehead atoms. The van der Waals surface area contributed by atoms with E-state index in [1.807, 2.05) is 0 Å². The lowest BCUT2D eigenvalue weighted by Crippen LogP contribution is -2.33. The van der Waals surface area contributed by atoms with E-state index in [0.29, 0.717) is 0 Å². The van der Waals surface area contributed by atoms with Crippen LogP contribution in [0.1, 0.15) is 6.92 Å². The summed E-state index contributed by atoms with van der Waals surface area (Å²) >= 11 is 0. The topological polar surface area (TPSA) is 106 Å². The first-order valence-corrected chi connectivity index (χ1v) is 3.60. The molecule has 0 aromatic heterocycles. The fraction of sp³-hybridized carbons (Fsp3) is 0.429. The van der Waals surface area contributed by atoms with E-state index in [-0.39, 0.29) is 6.61 Å². The van der Waals surface area contributed by atoms with Crippen molar-refractivity contribution in [2.24, 2.45) is 0 Å². The molecule has 0 radical (unpaired) electrons. The van der Waals surface area contributed by atoms with Crippen LogP contribution >= 0.6 is 0 Å². The van der Waals surface area contributed by atoms with Crippen LogP contribution in [0, 0.1) is 0 Å². The van der Waals surface area contributed by atoms with Gasteiger partial charge in [0, 0.05) is 0 Å². The molecule has 0 aliphatic heterocycles. The predicted molar refractivity (Wildman–Crippen MR) is 42.3 cm³/mol. The molecule has 0 aliphatic rings.